The molecule has 1 aromatic rings. The number of hydrogen-bond acceptors (Lipinski definition) is 4. The topological polar surface area (TPSA) is 33.7 Å². The second kappa shape index (κ2) is 5.85. The molecule has 1 N–H and O–H groups in total. The minimum Gasteiger partial charge on any atom is -0.382 e. The van der Waals surface area contributed by atoms with Crippen molar-refractivity contribution in [3.8, 4) is 0 Å². The predicted octanol–water partition coefficient (Wildman–Crippen LogP) is 3.16. The van der Waals surface area contributed by atoms with Gasteiger partial charge in [0.05, 0.1) is 13.2 Å². The Morgan fingerprint density at radius 3 is 2.43 bits per heavy atom. The normalized spacial score (nSPS) is 21.7. The second-order valence-corrected chi connectivity index (χ2v) is 6.42. The van der Waals surface area contributed by atoms with Gasteiger partial charge in [-0.2, -0.15) is 0 Å². The van der Waals surface area contributed by atoms with E-state index in [2.05, 4.69) is 49.4 Å². The third-order valence-corrected chi connectivity index (χ3v) is 4.62. The largest absolute Gasteiger partial charge is 0.382 e. The van der Waals surface area contributed by atoms with E-state index in [0.717, 1.165) is 38.9 Å². The average molecular weight is 290 g/mol. The zero-order valence-corrected chi connectivity index (χ0v) is 13.3. The van der Waals surface area contributed by atoms with Crippen molar-refractivity contribution in [2.75, 3.05) is 37.5 Å². The van der Waals surface area contributed by atoms with E-state index in [1.54, 1.807) is 0 Å². The molecule has 2 fully saturated rings. The molecule has 0 bridgehead atoms. The van der Waals surface area contributed by atoms with E-state index in [-0.39, 0.29) is 5.79 Å². The van der Waals surface area contributed by atoms with E-state index in [4.69, 9.17) is 9.47 Å². The summed E-state index contributed by atoms with van der Waals surface area (Å²) in [4.78, 5) is 2.16. The van der Waals surface area contributed by atoms with Crippen molar-refractivity contribution in [2.24, 2.45) is 0 Å². The number of aryl methyl sites for hydroxylation is 1. The molecular formula is C17H26N2O2. The van der Waals surface area contributed by atoms with Crippen LogP contribution in [-0.4, -0.2) is 39.1 Å². The van der Waals surface area contributed by atoms with Gasteiger partial charge in [0.2, 0.25) is 0 Å². The standard InChI is InChI=1S/C17H26N2O2/c1-13-4-5-15(12-16(13)19(2)3)18-14-6-8-17(9-7-14)20-10-11-21-17/h4-5,12,14,18H,6-11H2,1-3H3. The SMILES string of the molecule is Cc1ccc(NC2CCC3(CC2)OCCO3)cc1N(C)C. The summed E-state index contributed by atoms with van der Waals surface area (Å²) < 4.78 is 11.6. The fraction of sp³-hybridized carbons (Fsp3) is 0.647. The molecule has 2 aliphatic rings. The molecule has 1 aliphatic heterocycles. The maximum Gasteiger partial charge on any atom is 0.168 e. The summed E-state index contributed by atoms with van der Waals surface area (Å²) in [6.45, 7) is 3.66. The monoisotopic (exact) mass is 290 g/mol. The fourth-order valence-corrected chi connectivity index (χ4v) is 3.40. The summed E-state index contributed by atoms with van der Waals surface area (Å²) in [5.74, 6) is -0.264. The Bertz CT molecular complexity index is 486. The van der Waals surface area contributed by atoms with Crippen molar-refractivity contribution < 1.29 is 9.47 Å². The van der Waals surface area contributed by atoms with Gasteiger partial charge >= 0.3 is 0 Å². The Morgan fingerprint density at radius 1 is 1.14 bits per heavy atom. The molecule has 21 heavy (non-hydrogen) atoms. The van der Waals surface area contributed by atoms with Gasteiger partial charge in [-0.05, 0) is 37.5 Å². The van der Waals surface area contributed by atoms with Crippen molar-refractivity contribution in [2.45, 2.75) is 44.4 Å². The third kappa shape index (κ3) is 3.16. The van der Waals surface area contributed by atoms with E-state index in [9.17, 15) is 0 Å². The number of nitrogens with zero attached hydrogens (tertiary/aromatic N) is 1. The van der Waals surface area contributed by atoms with E-state index < -0.39 is 0 Å². The minimum absolute atomic E-state index is 0.264. The Morgan fingerprint density at radius 2 is 1.81 bits per heavy atom. The number of anilines is 2. The van der Waals surface area contributed by atoms with Crippen LogP contribution in [0, 0.1) is 6.92 Å². The number of hydrogen-bond donors (Lipinski definition) is 1. The molecule has 1 spiro atoms. The number of ether oxygens (including phenoxy) is 2. The lowest BCUT2D eigenvalue weighted by atomic mass is 9.90. The molecule has 0 amide bonds. The molecule has 0 aromatic heterocycles. The maximum atomic E-state index is 5.79. The molecule has 0 radical (unpaired) electrons. The number of benzene rings is 1. The lowest BCUT2D eigenvalue weighted by Crippen LogP contribution is -2.39. The molecule has 1 saturated carbocycles. The number of rotatable bonds is 3. The Labute approximate surface area is 127 Å². The van der Waals surface area contributed by atoms with Crippen molar-refractivity contribution in [3.05, 3.63) is 23.8 Å². The Kier molecular flexibility index (Phi) is 4.09. The molecule has 1 aromatic carbocycles. The van der Waals surface area contributed by atoms with Gasteiger partial charge in [0, 0.05) is 44.4 Å². The molecule has 1 saturated heterocycles. The van der Waals surface area contributed by atoms with Crippen LogP contribution in [0.1, 0.15) is 31.2 Å². The second-order valence-electron chi connectivity index (χ2n) is 6.42. The molecule has 3 rings (SSSR count). The van der Waals surface area contributed by atoms with Gasteiger partial charge in [0.15, 0.2) is 5.79 Å². The summed E-state index contributed by atoms with van der Waals surface area (Å²) >= 11 is 0. The van der Waals surface area contributed by atoms with E-state index in [1.165, 1.54) is 16.9 Å². The van der Waals surface area contributed by atoms with Gasteiger partial charge in [-0.1, -0.05) is 6.07 Å². The van der Waals surface area contributed by atoms with Gasteiger partial charge in [0.25, 0.3) is 0 Å². The van der Waals surface area contributed by atoms with Crippen LogP contribution < -0.4 is 10.2 Å². The highest BCUT2D eigenvalue weighted by Crippen LogP contribution is 2.37. The number of nitrogens with one attached hydrogen (secondary N) is 1. The highest BCUT2D eigenvalue weighted by Gasteiger charge is 2.40. The fourth-order valence-electron chi connectivity index (χ4n) is 3.40. The molecule has 1 heterocycles. The summed E-state index contributed by atoms with van der Waals surface area (Å²) in [7, 11) is 4.18. The van der Waals surface area contributed by atoms with Crippen LogP contribution in [0.5, 0.6) is 0 Å². The molecule has 0 atom stereocenters. The predicted molar refractivity (Wildman–Crippen MR) is 86.0 cm³/mol. The van der Waals surface area contributed by atoms with Crippen molar-refractivity contribution >= 4 is 11.4 Å². The van der Waals surface area contributed by atoms with Crippen LogP contribution >= 0.6 is 0 Å². The van der Waals surface area contributed by atoms with Crippen molar-refractivity contribution in [1.29, 1.82) is 0 Å². The summed E-state index contributed by atoms with van der Waals surface area (Å²) in [6.07, 6.45) is 4.20. The van der Waals surface area contributed by atoms with Crippen LogP contribution in [-0.2, 0) is 9.47 Å². The third-order valence-electron chi connectivity index (χ3n) is 4.62. The minimum atomic E-state index is -0.264. The summed E-state index contributed by atoms with van der Waals surface area (Å²) in [5.41, 5.74) is 3.79. The maximum absolute atomic E-state index is 5.79. The molecule has 116 valence electrons. The highest BCUT2D eigenvalue weighted by molar-refractivity contribution is 5.62. The van der Waals surface area contributed by atoms with Crippen LogP contribution in [0.4, 0.5) is 11.4 Å². The van der Waals surface area contributed by atoms with Crippen LogP contribution in [0.15, 0.2) is 18.2 Å². The molecular weight excluding hydrogens is 264 g/mol. The molecule has 1 aliphatic carbocycles. The van der Waals surface area contributed by atoms with Gasteiger partial charge in [-0.3, -0.25) is 0 Å². The highest BCUT2D eigenvalue weighted by atomic mass is 16.7. The van der Waals surface area contributed by atoms with E-state index in [0.29, 0.717) is 6.04 Å². The van der Waals surface area contributed by atoms with Crippen molar-refractivity contribution in [3.63, 3.8) is 0 Å². The smallest absolute Gasteiger partial charge is 0.168 e. The Hall–Kier alpha value is -1.26. The van der Waals surface area contributed by atoms with Gasteiger partial charge in [0.1, 0.15) is 0 Å². The van der Waals surface area contributed by atoms with Gasteiger partial charge in [-0.15, -0.1) is 0 Å². The van der Waals surface area contributed by atoms with Crippen LogP contribution in [0.2, 0.25) is 0 Å². The zero-order chi connectivity index (χ0) is 14.9. The van der Waals surface area contributed by atoms with E-state index >= 15 is 0 Å². The molecule has 4 nitrogen and oxygen atoms in total. The molecule has 0 unspecified atom stereocenters. The van der Waals surface area contributed by atoms with Crippen molar-refractivity contribution in [1.82, 2.24) is 0 Å². The quantitative estimate of drug-likeness (QED) is 0.927. The lowest BCUT2D eigenvalue weighted by molar-refractivity contribution is -0.177. The summed E-state index contributed by atoms with van der Waals surface area (Å²) in [5, 5.41) is 3.67. The van der Waals surface area contributed by atoms with Gasteiger partial charge < -0.3 is 19.7 Å². The van der Waals surface area contributed by atoms with Crippen LogP contribution in [0.3, 0.4) is 0 Å². The Balaban J connectivity index is 1.61. The van der Waals surface area contributed by atoms with E-state index in [1.807, 2.05) is 0 Å². The lowest BCUT2D eigenvalue weighted by Gasteiger charge is -2.36. The zero-order valence-electron chi connectivity index (χ0n) is 13.3. The first-order valence-corrected chi connectivity index (χ1v) is 7.90. The first kappa shape index (κ1) is 14.7. The molecule has 4 heteroatoms. The first-order chi connectivity index (χ1) is 10.1. The first-order valence-electron chi connectivity index (χ1n) is 7.90. The summed E-state index contributed by atoms with van der Waals surface area (Å²) in [6, 6.07) is 7.11. The van der Waals surface area contributed by atoms with Crippen LogP contribution in [0.25, 0.3) is 0 Å². The average Bonchev–Trinajstić information content (AvgIpc) is 2.92. The van der Waals surface area contributed by atoms with Gasteiger partial charge in [-0.25, -0.2) is 0 Å².